The molecule has 0 bridgehead atoms. The van der Waals surface area contributed by atoms with Crippen LogP contribution < -0.4 is 0 Å². The molecule has 0 amide bonds. The Morgan fingerprint density at radius 3 is 2.85 bits per heavy atom. The maximum Gasteiger partial charge on any atom is 0.0940 e. The van der Waals surface area contributed by atoms with Crippen molar-refractivity contribution >= 4 is 0 Å². The van der Waals surface area contributed by atoms with Crippen LogP contribution in [0.15, 0.2) is 18.2 Å². The molecule has 2 fully saturated rings. The van der Waals surface area contributed by atoms with Gasteiger partial charge in [-0.3, -0.25) is 0 Å². The van der Waals surface area contributed by atoms with Crippen molar-refractivity contribution in [2.24, 2.45) is 5.92 Å². The lowest BCUT2D eigenvalue weighted by Gasteiger charge is -2.39. The van der Waals surface area contributed by atoms with Crippen LogP contribution in [0.25, 0.3) is 0 Å². The molecule has 2 saturated heterocycles. The average molecular weight is 276 g/mol. The minimum absolute atomic E-state index is 0.136. The summed E-state index contributed by atoms with van der Waals surface area (Å²) in [5.74, 6) is 0.270. The molecule has 1 N–H and O–H groups in total. The fraction of sp³-hybridized carbons (Fsp3) is 0.647. The molecule has 3 atom stereocenters. The lowest BCUT2D eigenvalue weighted by atomic mass is 9.79. The molecule has 2 heterocycles. The lowest BCUT2D eigenvalue weighted by Crippen LogP contribution is -2.42. The molecule has 20 heavy (non-hydrogen) atoms. The van der Waals surface area contributed by atoms with E-state index in [1.165, 1.54) is 11.1 Å². The van der Waals surface area contributed by atoms with Gasteiger partial charge in [0, 0.05) is 19.6 Å². The molecule has 2 aliphatic rings. The summed E-state index contributed by atoms with van der Waals surface area (Å²) in [6.45, 7) is 6.37. The van der Waals surface area contributed by atoms with Crippen LogP contribution in [0.2, 0.25) is 0 Å². The second kappa shape index (κ2) is 5.47. The van der Waals surface area contributed by atoms with Crippen molar-refractivity contribution < 1.29 is 14.6 Å². The SMILES string of the molecule is Cc1ccc(C(O)C2CCOC3(CCOC3)C2)c(C)c1. The maximum atomic E-state index is 10.8. The van der Waals surface area contributed by atoms with E-state index < -0.39 is 6.10 Å². The number of aliphatic hydroxyl groups excluding tert-OH is 1. The zero-order valence-corrected chi connectivity index (χ0v) is 12.4. The molecule has 2 aliphatic heterocycles. The van der Waals surface area contributed by atoms with Crippen LogP contribution >= 0.6 is 0 Å². The number of hydrogen-bond acceptors (Lipinski definition) is 3. The predicted molar refractivity (Wildman–Crippen MR) is 77.7 cm³/mol. The smallest absolute Gasteiger partial charge is 0.0940 e. The van der Waals surface area contributed by atoms with Gasteiger partial charge >= 0.3 is 0 Å². The van der Waals surface area contributed by atoms with Crippen molar-refractivity contribution in [3.8, 4) is 0 Å². The van der Waals surface area contributed by atoms with Crippen molar-refractivity contribution in [3.05, 3.63) is 34.9 Å². The summed E-state index contributed by atoms with van der Waals surface area (Å²) in [4.78, 5) is 0. The van der Waals surface area contributed by atoms with Crippen LogP contribution in [-0.2, 0) is 9.47 Å². The third-order valence-corrected chi connectivity index (χ3v) is 4.79. The van der Waals surface area contributed by atoms with E-state index >= 15 is 0 Å². The van der Waals surface area contributed by atoms with Gasteiger partial charge in [0.1, 0.15) is 0 Å². The summed E-state index contributed by atoms with van der Waals surface area (Å²) in [5, 5.41) is 10.8. The highest BCUT2D eigenvalue weighted by molar-refractivity contribution is 5.32. The third kappa shape index (κ3) is 2.62. The Morgan fingerprint density at radius 2 is 2.15 bits per heavy atom. The topological polar surface area (TPSA) is 38.7 Å². The summed E-state index contributed by atoms with van der Waals surface area (Å²) in [7, 11) is 0. The Morgan fingerprint density at radius 1 is 1.30 bits per heavy atom. The van der Waals surface area contributed by atoms with Gasteiger partial charge in [-0.25, -0.2) is 0 Å². The average Bonchev–Trinajstić information content (AvgIpc) is 2.86. The molecule has 3 unspecified atom stereocenters. The third-order valence-electron chi connectivity index (χ3n) is 4.79. The number of ether oxygens (including phenoxy) is 2. The highest BCUT2D eigenvalue weighted by Gasteiger charge is 2.43. The number of aliphatic hydroxyl groups is 1. The Balaban J connectivity index is 1.77. The van der Waals surface area contributed by atoms with Crippen molar-refractivity contribution in [3.63, 3.8) is 0 Å². The molecule has 110 valence electrons. The number of rotatable bonds is 2. The molecule has 1 aromatic carbocycles. The minimum Gasteiger partial charge on any atom is -0.388 e. The Kier molecular flexibility index (Phi) is 3.85. The number of benzene rings is 1. The standard InChI is InChI=1S/C17H24O3/c1-12-3-4-15(13(2)9-12)16(18)14-5-7-20-17(10-14)6-8-19-11-17/h3-4,9,14,16,18H,5-8,10-11H2,1-2H3. The van der Waals surface area contributed by atoms with Gasteiger partial charge < -0.3 is 14.6 Å². The van der Waals surface area contributed by atoms with Gasteiger partial charge in [-0.2, -0.15) is 0 Å². The van der Waals surface area contributed by atoms with E-state index in [1.54, 1.807) is 0 Å². The van der Waals surface area contributed by atoms with E-state index in [-0.39, 0.29) is 11.5 Å². The van der Waals surface area contributed by atoms with Crippen molar-refractivity contribution in [1.29, 1.82) is 0 Å². The summed E-state index contributed by atoms with van der Waals surface area (Å²) in [5.41, 5.74) is 3.35. The predicted octanol–water partition coefficient (Wildman–Crippen LogP) is 2.92. The van der Waals surface area contributed by atoms with Crippen molar-refractivity contribution in [2.75, 3.05) is 19.8 Å². The maximum absolute atomic E-state index is 10.8. The largest absolute Gasteiger partial charge is 0.388 e. The fourth-order valence-corrected chi connectivity index (χ4v) is 3.61. The van der Waals surface area contributed by atoms with Crippen LogP contribution in [0, 0.1) is 19.8 Å². The molecule has 3 heteroatoms. The molecule has 3 nitrogen and oxygen atoms in total. The monoisotopic (exact) mass is 276 g/mol. The van der Waals surface area contributed by atoms with Gasteiger partial charge in [0.15, 0.2) is 0 Å². The molecule has 0 radical (unpaired) electrons. The van der Waals surface area contributed by atoms with E-state index in [2.05, 4.69) is 32.0 Å². The molecule has 3 rings (SSSR count). The Labute approximate surface area is 120 Å². The summed E-state index contributed by atoms with van der Waals surface area (Å²) in [6.07, 6.45) is 2.40. The first-order valence-corrected chi connectivity index (χ1v) is 7.57. The summed E-state index contributed by atoms with van der Waals surface area (Å²) >= 11 is 0. The van der Waals surface area contributed by atoms with E-state index in [4.69, 9.17) is 9.47 Å². The van der Waals surface area contributed by atoms with Gasteiger partial charge in [0.25, 0.3) is 0 Å². The normalized spacial score (nSPS) is 31.6. The van der Waals surface area contributed by atoms with Crippen LogP contribution in [0.3, 0.4) is 0 Å². The van der Waals surface area contributed by atoms with Gasteiger partial charge in [-0.05, 0) is 43.7 Å². The van der Waals surface area contributed by atoms with E-state index in [1.807, 2.05) is 0 Å². The second-order valence-corrected chi connectivity index (χ2v) is 6.39. The highest BCUT2D eigenvalue weighted by Crippen LogP contribution is 2.41. The van der Waals surface area contributed by atoms with Crippen molar-refractivity contribution in [1.82, 2.24) is 0 Å². The van der Waals surface area contributed by atoms with Crippen molar-refractivity contribution in [2.45, 2.75) is 44.8 Å². The summed E-state index contributed by atoms with van der Waals surface area (Å²) in [6, 6.07) is 6.30. The van der Waals surface area contributed by atoms with Crippen LogP contribution in [0.5, 0.6) is 0 Å². The van der Waals surface area contributed by atoms with Crippen LogP contribution in [0.4, 0.5) is 0 Å². The molecule has 1 spiro atoms. The van der Waals surface area contributed by atoms with Gasteiger partial charge in [-0.1, -0.05) is 23.8 Å². The second-order valence-electron chi connectivity index (χ2n) is 6.39. The van der Waals surface area contributed by atoms with Crippen LogP contribution in [0.1, 0.15) is 42.1 Å². The molecule has 1 aromatic rings. The first-order valence-electron chi connectivity index (χ1n) is 7.57. The first kappa shape index (κ1) is 14.1. The zero-order chi connectivity index (χ0) is 14.2. The number of aryl methyl sites for hydroxylation is 2. The van der Waals surface area contributed by atoms with E-state index in [0.717, 1.165) is 38.0 Å². The molecular formula is C17H24O3. The van der Waals surface area contributed by atoms with Gasteiger partial charge in [-0.15, -0.1) is 0 Å². The summed E-state index contributed by atoms with van der Waals surface area (Å²) < 4.78 is 11.5. The fourth-order valence-electron chi connectivity index (χ4n) is 3.61. The minimum atomic E-state index is -0.392. The van der Waals surface area contributed by atoms with Gasteiger partial charge in [0.2, 0.25) is 0 Å². The Hall–Kier alpha value is -0.900. The lowest BCUT2D eigenvalue weighted by molar-refractivity contribution is -0.117. The number of hydrogen-bond donors (Lipinski definition) is 1. The van der Waals surface area contributed by atoms with Gasteiger partial charge in [0.05, 0.1) is 18.3 Å². The Bertz CT molecular complexity index is 477. The molecule has 0 aliphatic carbocycles. The molecular weight excluding hydrogens is 252 g/mol. The highest BCUT2D eigenvalue weighted by atomic mass is 16.6. The van der Waals surface area contributed by atoms with Crippen LogP contribution in [-0.4, -0.2) is 30.5 Å². The van der Waals surface area contributed by atoms with E-state index in [0.29, 0.717) is 6.61 Å². The quantitative estimate of drug-likeness (QED) is 0.902. The van der Waals surface area contributed by atoms with E-state index in [9.17, 15) is 5.11 Å². The zero-order valence-electron chi connectivity index (χ0n) is 12.4. The first-order chi connectivity index (χ1) is 9.60. The molecule has 0 saturated carbocycles. The molecule has 0 aromatic heterocycles.